The van der Waals surface area contributed by atoms with Gasteiger partial charge in [-0.3, -0.25) is 0 Å². The largest absolute Gasteiger partial charge is 0.455 e. The number of hydrogen-bond donors (Lipinski definition) is 0. The summed E-state index contributed by atoms with van der Waals surface area (Å²) in [6, 6.07) is 41.2. The number of para-hydroxylation sites is 2. The quantitative estimate of drug-likeness (QED) is 0.169. The average molecular weight is 658 g/mol. The minimum atomic E-state index is -2.40. The molecule has 0 spiro atoms. The second-order valence-electron chi connectivity index (χ2n) is 14.7. The third-order valence-electron chi connectivity index (χ3n) is 10.1. The van der Waals surface area contributed by atoms with E-state index in [0.29, 0.717) is 5.52 Å². The summed E-state index contributed by atoms with van der Waals surface area (Å²) in [5, 5.41) is 2.01. The van der Waals surface area contributed by atoms with Crippen LogP contribution in [-0.2, 0) is 12.5 Å². The highest BCUT2D eigenvalue weighted by Gasteiger charge is 2.36. The van der Waals surface area contributed by atoms with Crippen LogP contribution in [0.4, 0.5) is 0 Å². The summed E-state index contributed by atoms with van der Waals surface area (Å²) in [4.78, 5) is 0. The Labute approximate surface area is 301 Å². The van der Waals surface area contributed by atoms with Crippen molar-refractivity contribution in [3.05, 3.63) is 144 Å². The fourth-order valence-corrected chi connectivity index (χ4v) is 7.55. The van der Waals surface area contributed by atoms with Gasteiger partial charge in [-0.15, -0.1) is 0 Å². The normalized spacial score (nSPS) is 13.8. The first-order chi connectivity index (χ1) is 25.5. The number of aromatic nitrogens is 2. The molecule has 3 nitrogen and oxygen atoms in total. The van der Waals surface area contributed by atoms with E-state index in [0.717, 1.165) is 83.5 Å². The molecule has 0 saturated heterocycles. The summed E-state index contributed by atoms with van der Waals surface area (Å²) in [5.74, 6) is -0.281. The zero-order valence-corrected chi connectivity index (χ0v) is 29.8. The Balaban J connectivity index is 1.52. The molecule has 8 aromatic rings. The van der Waals surface area contributed by atoms with Gasteiger partial charge in [0.05, 0.1) is 7.05 Å². The van der Waals surface area contributed by atoms with Crippen LogP contribution in [0.25, 0.3) is 72.3 Å². The third kappa shape index (κ3) is 5.07. The molecule has 0 unspecified atom stereocenters. The number of rotatable bonds is 5. The van der Waals surface area contributed by atoms with Crippen molar-refractivity contribution >= 4 is 33.0 Å². The van der Waals surface area contributed by atoms with Crippen LogP contribution in [0.3, 0.4) is 0 Å². The fraction of sp³-hybridized carbons (Fsp3) is 0.213. The minimum Gasteiger partial charge on any atom is -0.455 e. The van der Waals surface area contributed by atoms with Gasteiger partial charge >= 0.3 is 0 Å². The van der Waals surface area contributed by atoms with Crippen molar-refractivity contribution in [2.24, 2.45) is 7.05 Å². The predicted molar refractivity (Wildman–Crippen MR) is 210 cm³/mol. The molecule has 0 aliphatic rings. The van der Waals surface area contributed by atoms with E-state index in [-0.39, 0.29) is 5.56 Å². The Morgan fingerprint density at radius 1 is 0.720 bits per heavy atom. The highest BCUT2D eigenvalue weighted by atomic mass is 16.3. The molecular formula is C47H45N2O+. The van der Waals surface area contributed by atoms with Gasteiger partial charge in [0.25, 0.3) is 5.82 Å². The molecule has 3 heteroatoms. The molecule has 0 atom stereocenters. The number of fused-ring (bicyclic) bond motifs is 4. The smallest absolute Gasteiger partial charge is 0.299 e. The maximum atomic E-state index is 9.73. The third-order valence-corrected chi connectivity index (χ3v) is 10.1. The number of aryl methyl sites for hydroxylation is 3. The number of nitrogens with zero attached hydrogens (tertiary/aromatic N) is 2. The van der Waals surface area contributed by atoms with Gasteiger partial charge in [0, 0.05) is 32.9 Å². The lowest BCUT2D eigenvalue weighted by Gasteiger charge is -2.26. The van der Waals surface area contributed by atoms with Crippen LogP contribution >= 0.6 is 0 Å². The highest BCUT2D eigenvalue weighted by molar-refractivity contribution is 6.10. The molecule has 0 bridgehead atoms. The molecule has 2 aromatic heterocycles. The first-order valence-electron chi connectivity index (χ1n) is 19.3. The lowest BCUT2D eigenvalue weighted by Crippen LogP contribution is -2.31. The molecule has 0 fully saturated rings. The molecule has 50 heavy (non-hydrogen) atoms. The van der Waals surface area contributed by atoms with E-state index in [2.05, 4.69) is 104 Å². The maximum absolute atomic E-state index is 9.73. The van der Waals surface area contributed by atoms with Gasteiger partial charge in [-0.25, -0.2) is 4.57 Å². The molecule has 8 rings (SSSR count). The average Bonchev–Trinajstić information content (AvgIpc) is 3.65. The second kappa shape index (κ2) is 11.9. The van der Waals surface area contributed by atoms with Gasteiger partial charge < -0.3 is 4.42 Å². The highest BCUT2D eigenvalue weighted by Crippen LogP contribution is 2.44. The van der Waals surface area contributed by atoms with Crippen LogP contribution in [0.15, 0.2) is 126 Å². The summed E-state index contributed by atoms with van der Waals surface area (Å²) in [7, 11) is 2.00. The van der Waals surface area contributed by atoms with Crippen molar-refractivity contribution in [1.29, 1.82) is 0 Å². The molecule has 0 N–H and O–H groups in total. The van der Waals surface area contributed by atoms with Crippen molar-refractivity contribution < 1.29 is 14.5 Å². The van der Waals surface area contributed by atoms with E-state index in [1.54, 1.807) is 6.07 Å². The molecular weight excluding hydrogens is 609 g/mol. The van der Waals surface area contributed by atoms with Crippen LogP contribution in [0.2, 0.25) is 0 Å². The second-order valence-corrected chi connectivity index (χ2v) is 14.7. The first-order valence-corrected chi connectivity index (χ1v) is 17.3. The van der Waals surface area contributed by atoms with Crippen molar-refractivity contribution in [2.45, 2.75) is 59.7 Å². The topological polar surface area (TPSA) is 21.9 Å². The molecule has 0 saturated carbocycles. The van der Waals surface area contributed by atoms with Gasteiger partial charge in [0.2, 0.25) is 0 Å². The molecule has 0 aliphatic heterocycles. The Morgan fingerprint density at radius 3 is 2.10 bits per heavy atom. The lowest BCUT2D eigenvalue weighted by molar-refractivity contribution is -0.633. The van der Waals surface area contributed by atoms with Crippen LogP contribution in [0.5, 0.6) is 0 Å². The summed E-state index contributed by atoms with van der Waals surface area (Å²) >= 11 is 0. The van der Waals surface area contributed by atoms with E-state index in [1.807, 2.05) is 69.4 Å². The summed E-state index contributed by atoms with van der Waals surface area (Å²) < 4.78 is 47.0. The van der Waals surface area contributed by atoms with Gasteiger partial charge in [-0.05, 0) is 77.2 Å². The molecule has 248 valence electrons. The van der Waals surface area contributed by atoms with Gasteiger partial charge in [0.1, 0.15) is 16.8 Å². The van der Waals surface area contributed by atoms with Crippen molar-refractivity contribution in [3.8, 4) is 39.3 Å². The van der Waals surface area contributed by atoms with Crippen LogP contribution < -0.4 is 4.57 Å². The Morgan fingerprint density at radius 2 is 1.40 bits per heavy atom. The van der Waals surface area contributed by atoms with Gasteiger partial charge in [-0.2, -0.15) is 4.57 Å². The van der Waals surface area contributed by atoms with E-state index in [1.165, 1.54) is 0 Å². The predicted octanol–water partition coefficient (Wildman–Crippen LogP) is 12.4. The molecule has 6 aromatic carbocycles. The van der Waals surface area contributed by atoms with Crippen molar-refractivity contribution in [2.75, 3.05) is 0 Å². The number of imidazole rings is 1. The molecule has 2 heterocycles. The SMILES string of the molecule is [2H]C([2H])([2H])c1cccc2c1n(-c1c(C([2H])(C)C)cc(-c3ccc(-c4ccccc4)cc3)cc1C(C)(C)C)c(-c1c(C)ccc3c1oc1ccccc13)[n+]2C. The monoisotopic (exact) mass is 657 g/mol. The Kier molecular flexibility index (Phi) is 6.51. The molecule has 0 radical (unpaired) electrons. The number of benzene rings is 6. The lowest BCUT2D eigenvalue weighted by atomic mass is 9.80. The maximum Gasteiger partial charge on any atom is 0.299 e. The summed E-state index contributed by atoms with van der Waals surface area (Å²) in [6.45, 7) is 10.1. The van der Waals surface area contributed by atoms with Gasteiger partial charge in [0.15, 0.2) is 16.6 Å². The van der Waals surface area contributed by atoms with Crippen LogP contribution in [0, 0.1) is 13.8 Å². The number of furan rings is 1. The minimum absolute atomic E-state index is 0.255. The van der Waals surface area contributed by atoms with Crippen molar-refractivity contribution in [1.82, 2.24) is 4.57 Å². The standard InChI is InChI=1S/C47H45N2O/c1-29(2)38-27-35(34-24-22-33(23-25-34)32-16-10-9-11-17-32)28-39(47(5,6)7)44(38)49-43-31(4)15-14-19-40(43)48(8)46(49)42-30(3)21-26-37-36-18-12-13-20-41(36)50-45(37)42/h9-29H,1-8H3/q+1/i4D3,29D. The van der Waals surface area contributed by atoms with Crippen LogP contribution in [0.1, 0.15) is 68.2 Å². The number of hydrogen-bond acceptors (Lipinski definition) is 1. The van der Waals surface area contributed by atoms with E-state index in [4.69, 9.17) is 8.53 Å². The zero-order chi connectivity index (χ0) is 38.3. The Hall–Kier alpha value is -5.41. The van der Waals surface area contributed by atoms with E-state index >= 15 is 0 Å². The summed E-state index contributed by atoms with van der Waals surface area (Å²) in [5.41, 5.74) is 11.6. The summed E-state index contributed by atoms with van der Waals surface area (Å²) in [6.07, 6.45) is 0. The first kappa shape index (κ1) is 27.4. The zero-order valence-electron chi connectivity index (χ0n) is 33.8. The molecule has 0 aliphatic carbocycles. The fourth-order valence-electron chi connectivity index (χ4n) is 7.55. The van der Waals surface area contributed by atoms with Crippen LogP contribution in [-0.4, -0.2) is 4.57 Å². The van der Waals surface area contributed by atoms with Crippen molar-refractivity contribution in [3.63, 3.8) is 0 Å². The molecule has 0 amide bonds. The van der Waals surface area contributed by atoms with Gasteiger partial charge in [-0.1, -0.05) is 132 Å². The Bertz CT molecular complexity index is 2690. The van der Waals surface area contributed by atoms with E-state index < -0.39 is 18.2 Å². The van der Waals surface area contributed by atoms with E-state index in [9.17, 15) is 1.37 Å².